The van der Waals surface area contributed by atoms with E-state index in [0.29, 0.717) is 19.4 Å². The molecule has 4 nitrogen and oxygen atoms in total. The van der Waals surface area contributed by atoms with Gasteiger partial charge in [0.25, 0.3) is 0 Å². The summed E-state index contributed by atoms with van der Waals surface area (Å²) in [5.41, 5.74) is 1.11. The van der Waals surface area contributed by atoms with Gasteiger partial charge in [0, 0.05) is 12.6 Å². The molecule has 0 bridgehead atoms. The summed E-state index contributed by atoms with van der Waals surface area (Å²) in [5.74, 6) is -0.850. The summed E-state index contributed by atoms with van der Waals surface area (Å²) in [6, 6.07) is 9.35. The van der Waals surface area contributed by atoms with Crippen LogP contribution >= 0.6 is 0 Å². The van der Waals surface area contributed by atoms with Gasteiger partial charge in [-0.05, 0) is 25.3 Å². The number of carboxylic acid groups (broad SMARTS) is 1. The molecule has 0 unspecified atom stereocenters. The average molecular weight is 249 g/mol. The number of nitrogens with zero attached hydrogens (tertiary/aromatic N) is 1. The highest BCUT2D eigenvalue weighted by Crippen LogP contribution is 2.28. The van der Waals surface area contributed by atoms with Crippen molar-refractivity contribution in [3.05, 3.63) is 35.9 Å². The van der Waals surface area contributed by atoms with Crippen molar-refractivity contribution < 1.29 is 15.0 Å². The first-order valence-electron chi connectivity index (χ1n) is 6.31. The number of carboxylic acids is 1. The summed E-state index contributed by atoms with van der Waals surface area (Å²) in [4.78, 5) is 13.3. The van der Waals surface area contributed by atoms with Crippen LogP contribution in [0.15, 0.2) is 30.3 Å². The molecule has 2 rings (SSSR count). The monoisotopic (exact) mass is 249 g/mol. The summed E-state index contributed by atoms with van der Waals surface area (Å²) in [6.45, 7) is 2.64. The van der Waals surface area contributed by atoms with Gasteiger partial charge >= 0.3 is 5.97 Å². The SMILES string of the molecule is C[C@H](c1ccccc1)N1CC[C@H](O)C[C@@H]1C(=O)O. The van der Waals surface area contributed by atoms with E-state index in [9.17, 15) is 15.0 Å². The van der Waals surface area contributed by atoms with Gasteiger partial charge in [-0.3, -0.25) is 9.69 Å². The number of benzene rings is 1. The number of rotatable bonds is 3. The Bertz CT molecular complexity index is 407. The Hall–Kier alpha value is -1.39. The molecule has 1 aliphatic rings. The van der Waals surface area contributed by atoms with Gasteiger partial charge in [-0.15, -0.1) is 0 Å². The maximum Gasteiger partial charge on any atom is 0.321 e. The fraction of sp³-hybridized carbons (Fsp3) is 0.500. The van der Waals surface area contributed by atoms with Gasteiger partial charge in [-0.1, -0.05) is 30.3 Å². The molecule has 0 aliphatic carbocycles. The average Bonchev–Trinajstić information content (AvgIpc) is 2.39. The number of aliphatic hydroxyl groups excluding tert-OH is 1. The normalized spacial score (nSPS) is 26.8. The Balaban J connectivity index is 2.17. The van der Waals surface area contributed by atoms with Crippen LogP contribution in [0.5, 0.6) is 0 Å². The lowest BCUT2D eigenvalue weighted by Crippen LogP contribution is -2.49. The van der Waals surface area contributed by atoms with Crippen molar-refractivity contribution in [3.63, 3.8) is 0 Å². The minimum absolute atomic E-state index is 0.0554. The summed E-state index contributed by atoms with van der Waals surface area (Å²) >= 11 is 0. The van der Waals surface area contributed by atoms with Crippen LogP contribution in [0.25, 0.3) is 0 Å². The quantitative estimate of drug-likeness (QED) is 0.855. The fourth-order valence-electron chi connectivity index (χ4n) is 2.59. The third kappa shape index (κ3) is 2.71. The second kappa shape index (κ2) is 5.50. The van der Waals surface area contributed by atoms with Crippen LogP contribution in [0, 0.1) is 0 Å². The first-order chi connectivity index (χ1) is 8.59. The van der Waals surface area contributed by atoms with Crippen molar-refractivity contribution in [2.75, 3.05) is 6.54 Å². The van der Waals surface area contributed by atoms with Gasteiger partial charge in [-0.25, -0.2) is 0 Å². The lowest BCUT2D eigenvalue weighted by molar-refractivity contribution is -0.148. The number of carbonyl (C=O) groups is 1. The molecule has 0 radical (unpaired) electrons. The summed E-state index contributed by atoms with van der Waals surface area (Å²) in [7, 11) is 0. The molecule has 0 saturated carbocycles. The molecule has 1 fully saturated rings. The molecular weight excluding hydrogens is 230 g/mol. The molecule has 2 N–H and O–H groups in total. The maximum atomic E-state index is 11.3. The zero-order chi connectivity index (χ0) is 13.1. The summed E-state index contributed by atoms with van der Waals surface area (Å²) in [6.07, 6.45) is 0.457. The molecular formula is C14H19NO3. The Morgan fingerprint density at radius 1 is 1.39 bits per heavy atom. The number of aliphatic carboxylic acids is 1. The zero-order valence-electron chi connectivity index (χ0n) is 10.5. The van der Waals surface area contributed by atoms with Crippen LogP contribution < -0.4 is 0 Å². The second-order valence-corrected chi connectivity index (χ2v) is 4.86. The number of piperidine rings is 1. The van der Waals surface area contributed by atoms with Crippen LogP contribution in [-0.2, 0) is 4.79 Å². The summed E-state index contributed by atoms with van der Waals surface area (Å²) < 4.78 is 0. The van der Waals surface area contributed by atoms with Gasteiger partial charge in [0.15, 0.2) is 0 Å². The molecule has 4 heteroatoms. The van der Waals surface area contributed by atoms with Gasteiger partial charge < -0.3 is 10.2 Å². The fourth-order valence-corrected chi connectivity index (χ4v) is 2.59. The topological polar surface area (TPSA) is 60.8 Å². The van der Waals surface area contributed by atoms with Crippen LogP contribution in [0.4, 0.5) is 0 Å². The van der Waals surface area contributed by atoms with E-state index in [1.54, 1.807) is 0 Å². The van der Waals surface area contributed by atoms with Crippen molar-refractivity contribution in [1.82, 2.24) is 4.90 Å². The molecule has 0 spiro atoms. The minimum atomic E-state index is -0.850. The van der Waals surface area contributed by atoms with E-state index in [-0.39, 0.29) is 6.04 Å². The molecule has 1 aromatic carbocycles. The van der Waals surface area contributed by atoms with Crippen molar-refractivity contribution in [2.24, 2.45) is 0 Å². The molecule has 3 atom stereocenters. The van der Waals surface area contributed by atoms with E-state index in [1.807, 2.05) is 42.2 Å². The summed E-state index contributed by atoms with van der Waals surface area (Å²) in [5, 5.41) is 18.9. The molecule has 98 valence electrons. The maximum absolute atomic E-state index is 11.3. The third-order valence-electron chi connectivity index (χ3n) is 3.68. The first-order valence-corrected chi connectivity index (χ1v) is 6.31. The number of likely N-dealkylation sites (tertiary alicyclic amines) is 1. The highest BCUT2D eigenvalue weighted by Gasteiger charge is 2.35. The molecule has 0 amide bonds. The van der Waals surface area contributed by atoms with Crippen LogP contribution in [-0.4, -0.2) is 39.8 Å². The number of hydrogen-bond acceptors (Lipinski definition) is 3. The molecule has 18 heavy (non-hydrogen) atoms. The minimum Gasteiger partial charge on any atom is -0.480 e. The molecule has 1 heterocycles. The Kier molecular flexibility index (Phi) is 3.99. The smallest absolute Gasteiger partial charge is 0.321 e. The van der Waals surface area contributed by atoms with E-state index in [4.69, 9.17) is 0 Å². The van der Waals surface area contributed by atoms with E-state index in [0.717, 1.165) is 5.56 Å². The van der Waals surface area contributed by atoms with Crippen LogP contribution in [0.2, 0.25) is 0 Å². The van der Waals surface area contributed by atoms with Crippen LogP contribution in [0.1, 0.15) is 31.4 Å². The van der Waals surface area contributed by atoms with E-state index < -0.39 is 18.1 Å². The lowest BCUT2D eigenvalue weighted by atomic mass is 9.95. The molecule has 1 aromatic rings. The van der Waals surface area contributed by atoms with Gasteiger partial charge in [0.05, 0.1) is 6.10 Å². The predicted octanol–water partition coefficient (Wildman–Crippen LogP) is 1.66. The third-order valence-corrected chi connectivity index (χ3v) is 3.68. The van der Waals surface area contributed by atoms with Crippen molar-refractivity contribution in [1.29, 1.82) is 0 Å². The van der Waals surface area contributed by atoms with E-state index in [2.05, 4.69) is 0 Å². The number of aliphatic hydroxyl groups is 1. The lowest BCUT2D eigenvalue weighted by Gasteiger charge is -2.39. The van der Waals surface area contributed by atoms with Crippen molar-refractivity contribution in [3.8, 4) is 0 Å². The highest BCUT2D eigenvalue weighted by molar-refractivity contribution is 5.73. The molecule has 1 aliphatic heterocycles. The van der Waals surface area contributed by atoms with Gasteiger partial charge in [0.2, 0.25) is 0 Å². The van der Waals surface area contributed by atoms with Crippen molar-refractivity contribution in [2.45, 2.75) is 38.0 Å². The van der Waals surface area contributed by atoms with Crippen molar-refractivity contribution >= 4 is 5.97 Å². The Morgan fingerprint density at radius 3 is 2.67 bits per heavy atom. The Morgan fingerprint density at radius 2 is 2.06 bits per heavy atom. The molecule has 1 saturated heterocycles. The number of hydrogen-bond donors (Lipinski definition) is 2. The molecule has 0 aromatic heterocycles. The van der Waals surface area contributed by atoms with Crippen LogP contribution in [0.3, 0.4) is 0 Å². The van der Waals surface area contributed by atoms with Gasteiger partial charge in [-0.2, -0.15) is 0 Å². The standard InChI is InChI=1S/C14H19NO3/c1-10(11-5-3-2-4-6-11)15-8-7-12(16)9-13(15)14(17)18/h2-6,10,12-13,16H,7-9H2,1H3,(H,17,18)/t10-,12+,13-/m1/s1. The largest absolute Gasteiger partial charge is 0.480 e. The van der Waals surface area contributed by atoms with E-state index in [1.165, 1.54) is 0 Å². The first kappa shape index (κ1) is 13.1. The van der Waals surface area contributed by atoms with E-state index >= 15 is 0 Å². The van der Waals surface area contributed by atoms with Gasteiger partial charge in [0.1, 0.15) is 6.04 Å². The highest BCUT2D eigenvalue weighted by atomic mass is 16.4. The zero-order valence-corrected chi connectivity index (χ0v) is 10.5. The Labute approximate surface area is 107 Å². The second-order valence-electron chi connectivity index (χ2n) is 4.86. The predicted molar refractivity (Wildman–Crippen MR) is 68.2 cm³/mol.